The van der Waals surface area contributed by atoms with Crippen LogP contribution < -0.4 is 0 Å². The van der Waals surface area contributed by atoms with Crippen LogP contribution in [0.5, 0.6) is 0 Å². The Hall–Kier alpha value is -1.58. The van der Waals surface area contributed by atoms with E-state index >= 15 is 0 Å². The molecule has 0 saturated carbocycles. The van der Waals surface area contributed by atoms with Crippen molar-refractivity contribution in [2.75, 3.05) is 0 Å². The van der Waals surface area contributed by atoms with Gasteiger partial charge in [0.05, 0.1) is 6.26 Å². The summed E-state index contributed by atoms with van der Waals surface area (Å²) >= 11 is 0. The van der Waals surface area contributed by atoms with Crippen molar-refractivity contribution in [3.8, 4) is 0 Å². The molecule has 0 unspecified atom stereocenters. The molecule has 1 rings (SSSR count). The molecule has 1 aromatic rings. The molecule has 4 heteroatoms. The molecule has 0 aromatic carbocycles. The van der Waals surface area contributed by atoms with Crippen molar-refractivity contribution in [3.63, 3.8) is 0 Å². The quantitative estimate of drug-likeness (QED) is 0.381. The minimum Gasteiger partial charge on any atom is -0.463 e. The van der Waals surface area contributed by atoms with Gasteiger partial charge in [0.1, 0.15) is 5.71 Å². The molecule has 0 radical (unpaired) electrons. The Balaban J connectivity index is 2.65. The molecule has 0 atom stereocenters. The van der Waals surface area contributed by atoms with Gasteiger partial charge in [-0.25, -0.2) is 4.79 Å². The molecule has 0 fully saturated rings. The Morgan fingerprint density at radius 3 is 2.83 bits per heavy atom. The van der Waals surface area contributed by atoms with Crippen molar-refractivity contribution < 1.29 is 14.0 Å². The number of carbonyl (C=O) groups is 1. The van der Waals surface area contributed by atoms with E-state index in [9.17, 15) is 4.79 Å². The summed E-state index contributed by atoms with van der Waals surface area (Å²) in [4.78, 5) is 14.8. The lowest BCUT2D eigenvalue weighted by atomic mass is 10.3. The van der Waals surface area contributed by atoms with E-state index in [1.807, 2.05) is 0 Å². The summed E-state index contributed by atoms with van der Waals surface area (Å²) in [7, 11) is 0. The van der Waals surface area contributed by atoms with Crippen LogP contribution in [0.15, 0.2) is 28.0 Å². The highest BCUT2D eigenvalue weighted by atomic mass is 16.7. The first kappa shape index (κ1) is 8.52. The maximum Gasteiger partial charge on any atom is 0.331 e. The van der Waals surface area contributed by atoms with Crippen molar-refractivity contribution in [2.24, 2.45) is 5.16 Å². The number of oxime groups is 1. The Bertz CT molecular complexity index is 287. The second-order valence-electron chi connectivity index (χ2n) is 2.24. The van der Waals surface area contributed by atoms with Crippen molar-refractivity contribution in [1.29, 1.82) is 0 Å². The van der Waals surface area contributed by atoms with Gasteiger partial charge in [-0.1, -0.05) is 5.16 Å². The average Bonchev–Trinajstić information content (AvgIpc) is 2.51. The summed E-state index contributed by atoms with van der Waals surface area (Å²) in [5.41, 5.74) is 0.537. The van der Waals surface area contributed by atoms with Crippen molar-refractivity contribution in [1.82, 2.24) is 0 Å². The second kappa shape index (κ2) is 3.71. The third-order valence-corrected chi connectivity index (χ3v) is 1.19. The smallest absolute Gasteiger partial charge is 0.331 e. The molecular formula is C8H9NO3. The summed E-state index contributed by atoms with van der Waals surface area (Å²) in [5, 5.41) is 3.54. The van der Waals surface area contributed by atoms with Gasteiger partial charge in [0.2, 0.25) is 0 Å². The molecule has 0 bridgehead atoms. The Kier molecular flexibility index (Phi) is 2.63. The monoisotopic (exact) mass is 167 g/mol. The third kappa shape index (κ3) is 2.23. The molecule has 0 aliphatic heterocycles. The van der Waals surface area contributed by atoms with Gasteiger partial charge < -0.3 is 9.25 Å². The molecule has 1 heterocycles. The number of nitrogens with zero attached hydrogens (tertiary/aromatic N) is 1. The molecule has 4 nitrogen and oxygen atoms in total. The highest BCUT2D eigenvalue weighted by Gasteiger charge is 2.00. The normalized spacial score (nSPS) is 11.3. The lowest BCUT2D eigenvalue weighted by molar-refractivity contribution is -0.140. The maximum atomic E-state index is 10.4. The Labute approximate surface area is 69.8 Å². The van der Waals surface area contributed by atoms with E-state index in [1.54, 1.807) is 19.1 Å². The molecule has 0 saturated heterocycles. The molecule has 0 spiro atoms. The third-order valence-electron chi connectivity index (χ3n) is 1.19. The van der Waals surface area contributed by atoms with E-state index in [-0.39, 0.29) is 0 Å². The van der Waals surface area contributed by atoms with Gasteiger partial charge in [-0.2, -0.15) is 0 Å². The highest BCUT2D eigenvalue weighted by molar-refractivity contribution is 5.96. The van der Waals surface area contributed by atoms with Crippen molar-refractivity contribution >= 4 is 11.7 Å². The lowest BCUT2D eigenvalue weighted by Crippen LogP contribution is -1.97. The predicted molar refractivity (Wildman–Crippen MR) is 42.7 cm³/mol. The minimum atomic E-state index is -0.444. The molecule has 0 aliphatic rings. The van der Waals surface area contributed by atoms with Crippen LogP contribution in [0.2, 0.25) is 0 Å². The summed E-state index contributed by atoms with van der Waals surface area (Å²) in [5.74, 6) is 0.150. The molecule has 0 N–H and O–H groups in total. The first-order valence-electron chi connectivity index (χ1n) is 3.46. The average molecular weight is 167 g/mol. The van der Waals surface area contributed by atoms with Gasteiger partial charge in [0, 0.05) is 6.92 Å². The minimum absolute atomic E-state index is 0.444. The fraction of sp³-hybridized carbons (Fsp3) is 0.250. The van der Waals surface area contributed by atoms with E-state index in [1.165, 1.54) is 13.2 Å². The number of furan rings is 1. The molecule has 12 heavy (non-hydrogen) atoms. The van der Waals surface area contributed by atoms with Crippen LogP contribution in [0.25, 0.3) is 0 Å². The summed E-state index contributed by atoms with van der Waals surface area (Å²) in [6.45, 7) is 2.99. The van der Waals surface area contributed by atoms with Crippen LogP contribution in [0.3, 0.4) is 0 Å². The molecule has 0 aliphatic carbocycles. The fourth-order valence-corrected chi connectivity index (χ4v) is 0.662. The van der Waals surface area contributed by atoms with Crippen LogP contribution in [0, 0.1) is 0 Å². The first-order valence-corrected chi connectivity index (χ1v) is 3.46. The summed E-state index contributed by atoms with van der Waals surface area (Å²) in [6.07, 6.45) is 1.53. The van der Waals surface area contributed by atoms with Gasteiger partial charge in [-0.15, -0.1) is 0 Å². The first-order chi connectivity index (χ1) is 5.70. The zero-order valence-corrected chi connectivity index (χ0v) is 6.90. The fourth-order valence-electron chi connectivity index (χ4n) is 0.662. The second-order valence-corrected chi connectivity index (χ2v) is 2.24. The van der Waals surface area contributed by atoms with E-state index in [0.29, 0.717) is 11.5 Å². The van der Waals surface area contributed by atoms with Crippen LogP contribution in [-0.4, -0.2) is 11.7 Å². The standard InChI is InChI=1S/C8H9NO3/c1-6(9-12-7(2)10)8-4-3-5-11-8/h3-5H,1-2H3. The Morgan fingerprint density at radius 2 is 2.33 bits per heavy atom. The zero-order valence-electron chi connectivity index (χ0n) is 6.90. The molecular weight excluding hydrogens is 158 g/mol. The number of carbonyl (C=O) groups excluding carboxylic acids is 1. The maximum absolute atomic E-state index is 10.4. The van der Waals surface area contributed by atoms with Gasteiger partial charge in [-0.3, -0.25) is 0 Å². The van der Waals surface area contributed by atoms with Gasteiger partial charge >= 0.3 is 5.97 Å². The Morgan fingerprint density at radius 1 is 1.58 bits per heavy atom. The van der Waals surface area contributed by atoms with Gasteiger partial charge in [-0.05, 0) is 19.1 Å². The van der Waals surface area contributed by atoms with E-state index in [0.717, 1.165) is 0 Å². The van der Waals surface area contributed by atoms with Crippen LogP contribution >= 0.6 is 0 Å². The summed E-state index contributed by atoms with van der Waals surface area (Å²) in [6, 6.07) is 3.48. The topological polar surface area (TPSA) is 51.8 Å². The van der Waals surface area contributed by atoms with Gasteiger partial charge in [0.15, 0.2) is 5.76 Å². The number of hydrogen-bond acceptors (Lipinski definition) is 4. The van der Waals surface area contributed by atoms with Crippen LogP contribution in [0.4, 0.5) is 0 Å². The SMILES string of the molecule is CC(=O)ON=C(C)c1ccco1. The summed E-state index contributed by atoms with van der Waals surface area (Å²) < 4.78 is 5.01. The van der Waals surface area contributed by atoms with Gasteiger partial charge in [0.25, 0.3) is 0 Å². The van der Waals surface area contributed by atoms with E-state index in [4.69, 9.17) is 4.42 Å². The number of rotatable bonds is 2. The predicted octanol–water partition coefficient (Wildman–Crippen LogP) is 1.57. The lowest BCUT2D eigenvalue weighted by Gasteiger charge is -1.93. The molecule has 64 valence electrons. The van der Waals surface area contributed by atoms with Crippen molar-refractivity contribution in [3.05, 3.63) is 24.2 Å². The van der Waals surface area contributed by atoms with E-state index in [2.05, 4.69) is 9.99 Å². The van der Waals surface area contributed by atoms with Crippen LogP contribution in [0.1, 0.15) is 19.6 Å². The van der Waals surface area contributed by atoms with E-state index < -0.39 is 5.97 Å². The highest BCUT2D eigenvalue weighted by Crippen LogP contribution is 2.01. The number of hydrogen-bond donors (Lipinski definition) is 0. The van der Waals surface area contributed by atoms with Crippen LogP contribution in [-0.2, 0) is 9.63 Å². The molecule has 1 aromatic heterocycles. The van der Waals surface area contributed by atoms with Crippen molar-refractivity contribution in [2.45, 2.75) is 13.8 Å². The largest absolute Gasteiger partial charge is 0.463 e. The zero-order chi connectivity index (χ0) is 8.97. The molecule has 0 amide bonds.